The number of rotatable bonds is 3. The summed E-state index contributed by atoms with van der Waals surface area (Å²) in [5.41, 5.74) is -0.612. The summed E-state index contributed by atoms with van der Waals surface area (Å²) < 4.78 is 37.3. The number of nitrogens with zero attached hydrogens (tertiary/aromatic N) is 4. The summed E-state index contributed by atoms with van der Waals surface area (Å²) in [5, 5.41) is 0.513. The van der Waals surface area contributed by atoms with E-state index in [1.165, 1.54) is 29.8 Å². The molecule has 1 N–H and O–H groups in total. The first kappa shape index (κ1) is 16.4. The van der Waals surface area contributed by atoms with E-state index in [9.17, 15) is 22.8 Å². The fourth-order valence-electron chi connectivity index (χ4n) is 2.84. The van der Waals surface area contributed by atoms with Gasteiger partial charge < -0.3 is 9.47 Å². The monoisotopic (exact) mass is 358 g/mol. The van der Waals surface area contributed by atoms with Crippen molar-refractivity contribution >= 4 is 22.0 Å². The largest absolute Gasteiger partial charge is 0.418 e. The Morgan fingerprint density at radius 3 is 2.54 bits per heavy atom. The highest BCUT2D eigenvalue weighted by atomic mass is 32.3. The summed E-state index contributed by atoms with van der Waals surface area (Å²) >= 11 is 0. The molecule has 2 aliphatic heterocycles. The zero-order valence-electron chi connectivity index (χ0n) is 12.7. The van der Waals surface area contributed by atoms with E-state index < -0.39 is 33.7 Å². The molecule has 3 heterocycles. The minimum atomic E-state index is -4.91. The van der Waals surface area contributed by atoms with Crippen molar-refractivity contribution in [3.8, 4) is 0 Å². The molecule has 11 nitrogen and oxygen atoms in total. The van der Waals surface area contributed by atoms with Crippen molar-refractivity contribution in [1.29, 1.82) is 0 Å². The SMILES string of the molecule is Cn1cc(C2=CCN3CC2N(OS(=O)(=O)O)C3=O)c(=O)n(C)c1=O. The third kappa shape index (κ3) is 2.53. The van der Waals surface area contributed by atoms with E-state index in [0.29, 0.717) is 10.6 Å². The summed E-state index contributed by atoms with van der Waals surface area (Å²) in [7, 11) is -2.12. The maximum Gasteiger partial charge on any atom is 0.418 e. The molecule has 1 aromatic heterocycles. The van der Waals surface area contributed by atoms with E-state index in [1.807, 2.05) is 0 Å². The van der Waals surface area contributed by atoms with Gasteiger partial charge in [-0.3, -0.25) is 13.9 Å². The molecular weight excluding hydrogens is 344 g/mol. The summed E-state index contributed by atoms with van der Waals surface area (Å²) in [6.45, 7) is 0.230. The number of carbonyl (C=O) groups is 1. The van der Waals surface area contributed by atoms with E-state index in [0.717, 1.165) is 4.57 Å². The number of fused-ring (bicyclic) bond motifs is 2. The minimum Gasteiger partial charge on any atom is -0.317 e. The van der Waals surface area contributed by atoms with Crippen molar-refractivity contribution in [2.75, 3.05) is 13.1 Å². The van der Waals surface area contributed by atoms with Crippen LogP contribution < -0.4 is 11.2 Å². The van der Waals surface area contributed by atoms with Crippen LogP contribution in [0, 0.1) is 0 Å². The van der Waals surface area contributed by atoms with Gasteiger partial charge in [0.1, 0.15) is 6.04 Å². The third-order valence-corrected chi connectivity index (χ3v) is 4.31. The number of aryl methyl sites for hydroxylation is 1. The second-order valence-corrected chi connectivity index (χ2v) is 6.50. The van der Waals surface area contributed by atoms with Crippen LogP contribution in [-0.2, 0) is 28.8 Å². The first-order chi connectivity index (χ1) is 11.1. The third-order valence-electron chi connectivity index (χ3n) is 3.96. The van der Waals surface area contributed by atoms with Gasteiger partial charge in [-0.15, -0.1) is 4.28 Å². The lowest BCUT2D eigenvalue weighted by Crippen LogP contribution is -2.41. The first-order valence-corrected chi connectivity index (χ1v) is 8.19. The average molecular weight is 358 g/mol. The van der Waals surface area contributed by atoms with Gasteiger partial charge >= 0.3 is 22.1 Å². The van der Waals surface area contributed by atoms with Gasteiger partial charge in [0.25, 0.3) is 5.56 Å². The van der Waals surface area contributed by atoms with Crippen LogP contribution in [0.2, 0.25) is 0 Å². The molecule has 130 valence electrons. The highest BCUT2D eigenvalue weighted by Gasteiger charge is 2.45. The molecule has 0 radical (unpaired) electrons. The highest BCUT2D eigenvalue weighted by Crippen LogP contribution is 2.31. The summed E-state index contributed by atoms with van der Waals surface area (Å²) in [5.74, 6) is 0. The Kier molecular flexibility index (Phi) is 3.62. The molecule has 2 aliphatic rings. The second kappa shape index (κ2) is 5.29. The van der Waals surface area contributed by atoms with Crippen molar-refractivity contribution in [3.63, 3.8) is 0 Å². The van der Waals surface area contributed by atoms with Gasteiger partial charge in [-0.1, -0.05) is 6.08 Å². The molecule has 1 fully saturated rings. The van der Waals surface area contributed by atoms with Gasteiger partial charge in [-0.05, 0) is 5.57 Å². The van der Waals surface area contributed by atoms with Crippen molar-refractivity contribution in [2.45, 2.75) is 6.04 Å². The number of aromatic nitrogens is 2. The zero-order chi connectivity index (χ0) is 17.8. The molecular formula is C12H14N4O7S. The molecule has 1 unspecified atom stereocenters. The van der Waals surface area contributed by atoms with Gasteiger partial charge in [-0.2, -0.15) is 13.5 Å². The lowest BCUT2D eigenvalue weighted by molar-refractivity contribution is -0.0160. The quantitative estimate of drug-likeness (QED) is 0.639. The van der Waals surface area contributed by atoms with E-state index in [-0.39, 0.29) is 18.7 Å². The maximum atomic E-state index is 12.4. The van der Waals surface area contributed by atoms with Crippen LogP contribution in [-0.4, -0.2) is 57.2 Å². The molecule has 0 aliphatic carbocycles. The number of carbonyl (C=O) groups excluding carboxylic acids is 1. The fraction of sp³-hybridized carbons (Fsp3) is 0.417. The normalized spacial score (nSPS) is 20.5. The standard InChI is InChI=1S/C12H14N4O7S/c1-13-5-8(10(17)14(2)11(13)18)7-3-4-15-6-9(7)16(12(15)19)23-24(20,21)22/h3,5,9H,4,6H2,1-2H3,(H,20,21,22). The molecule has 3 rings (SSSR count). The summed E-state index contributed by atoms with van der Waals surface area (Å²) in [6.07, 6.45) is 2.90. The van der Waals surface area contributed by atoms with Crippen LogP contribution in [0.3, 0.4) is 0 Å². The van der Waals surface area contributed by atoms with Crippen LogP contribution in [0.4, 0.5) is 4.79 Å². The Bertz CT molecular complexity index is 974. The number of urea groups is 1. The summed E-state index contributed by atoms with van der Waals surface area (Å²) in [4.78, 5) is 37.5. The predicted octanol–water partition coefficient (Wildman–Crippen LogP) is -1.68. The molecule has 1 saturated heterocycles. The van der Waals surface area contributed by atoms with Crippen LogP contribution in [0.15, 0.2) is 21.9 Å². The van der Waals surface area contributed by atoms with Gasteiger partial charge in [-0.25, -0.2) is 9.59 Å². The van der Waals surface area contributed by atoms with E-state index >= 15 is 0 Å². The zero-order valence-corrected chi connectivity index (χ0v) is 13.6. The highest BCUT2D eigenvalue weighted by molar-refractivity contribution is 7.80. The van der Waals surface area contributed by atoms with Crippen molar-refractivity contribution in [3.05, 3.63) is 38.7 Å². The molecule has 0 spiro atoms. The van der Waals surface area contributed by atoms with Crippen molar-refractivity contribution in [2.24, 2.45) is 14.1 Å². The van der Waals surface area contributed by atoms with Crippen LogP contribution in [0.5, 0.6) is 0 Å². The number of hydrogen-bond acceptors (Lipinski definition) is 6. The van der Waals surface area contributed by atoms with Gasteiger partial charge in [0.15, 0.2) is 0 Å². The average Bonchev–Trinajstić information content (AvgIpc) is 2.73. The Morgan fingerprint density at radius 1 is 1.25 bits per heavy atom. The van der Waals surface area contributed by atoms with E-state index in [4.69, 9.17) is 4.55 Å². The molecule has 2 bridgehead atoms. The second-order valence-electron chi connectivity index (χ2n) is 5.49. The molecule has 1 aromatic rings. The Labute approximate surface area is 135 Å². The minimum absolute atomic E-state index is 0.0895. The van der Waals surface area contributed by atoms with Crippen LogP contribution in [0.25, 0.3) is 5.57 Å². The lowest BCUT2D eigenvalue weighted by Gasteiger charge is -2.23. The van der Waals surface area contributed by atoms with Crippen molar-refractivity contribution < 1.29 is 22.0 Å². The van der Waals surface area contributed by atoms with Gasteiger partial charge in [0.05, 0.1) is 12.1 Å². The van der Waals surface area contributed by atoms with E-state index in [2.05, 4.69) is 4.28 Å². The Balaban J connectivity index is 2.11. The number of hydrogen-bond donors (Lipinski definition) is 1. The van der Waals surface area contributed by atoms with E-state index in [1.54, 1.807) is 6.08 Å². The summed E-state index contributed by atoms with van der Waals surface area (Å²) in [6, 6.07) is -1.65. The molecule has 0 saturated carbocycles. The van der Waals surface area contributed by atoms with Crippen LogP contribution >= 0.6 is 0 Å². The maximum absolute atomic E-state index is 12.4. The van der Waals surface area contributed by atoms with Crippen LogP contribution in [0.1, 0.15) is 5.56 Å². The topological polar surface area (TPSA) is 131 Å². The number of amides is 2. The fourth-order valence-corrected chi connectivity index (χ4v) is 3.21. The Morgan fingerprint density at radius 2 is 1.92 bits per heavy atom. The molecule has 24 heavy (non-hydrogen) atoms. The molecule has 1 atom stereocenters. The van der Waals surface area contributed by atoms with Gasteiger partial charge in [0, 0.05) is 26.8 Å². The molecule has 0 aromatic carbocycles. The van der Waals surface area contributed by atoms with Crippen molar-refractivity contribution in [1.82, 2.24) is 19.1 Å². The van der Waals surface area contributed by atoms with Gasteiger partial charge in [0.2, 0.25) is 0 Å². The molecule has 2 amide bonds. The number of hydroxylamine groups is 2. The first-order valence-electron chi connectivity index (χ1n) is 6.82. The Hall–Kier alpha value is -2.44. The molecule has 12 heteroatoms. The smallest absolute Gasteiger partial charge is 0.317 e. The lowest BCUT2D eigenvalue weighted by atomic mass is 9.98. The predicted molar refractivity (Wildman–Crippen MR) is 80.1 cm³/mol.